The molecule has 0 aromatic carbocycles. The molecule has 0 aromatic rings. The Labute approximate surface area is 71.0 Å². The van der Waals surface area contributed by atoms with Crippen molar-refractivity contribution in [2.45, 2.75) is 32.3 Å². The SMILES string of the molecule is COC(C)(OC)O[SiH2]C(C)C. The molecule has 0 bridgehead atoms. The third-order valence-corrected chi connectivity index (χ3v) is 2.78. The molecule has 0 N–H and O–H groups in total. The van der Waals surface area contributed by atoms with E-state index in [1.165, 1.54) is 0 Å². The summed E-state index contributed by atoms with van der Waals surface area (Å²) >= 11 is 0. The predicted octanol–water partition coefficient (Wildman–Crippen LogP) is 0.882. The summed E-state index contributed by atoms with van der Waals surface area (Å²) in [6.07, 6.45) is 0. The zero-order chi connectivity index (χ0) is 8.91. The minimum atomic E-state index is -0.823. The van der Waals surface area contributed by atoms with Crippen LogP contribution in [0.3, 0.4) is 0 Å². The molecule has 11 heavy (non-hydrogen) atoms. The van der Waals surface area contributed by atoms with Crippen LogP contribution in [-0.4, -0.2) is 30.0 Å². The van der Waals surface area contributed by atoms with Crippen LogP contribution in [-0.2, 0) is 13.9 Å². The van der Waals surface area contributed by atoms with Crippen LogP contribution < -0.4 is 0 Å². The van der Waals surface area contributed by atoms with Gasteiger partial charge in [0.05, 0.1) is 0 Å². The molecular weight excluding hydrogens is 160 g/mol. The second kappa shape index (κ2) is 4.87. The minimum Gasteiger partial charge on any atom is -0.376 e. The van der Waals surface area contributed by atoms with E-state index in [1.54, 1.807) is 21.1 Å². The first-order valence-electron chi connectivity index (χ1n) is 3.78. The summed E-state index contributed by atoms with van der Waals surface area (Å²) in [4.78, 5) is 0. The van der Waals surface area contributed by atoms with E-state index < -0.39 is 15.7 Å². The zero-order valence-electron chi connectivity index (χ0n) is 8.01. The van der Waals surface area contributed by atoms with Crippen molar-refractivity contribution in [1.82, 2.24) is 0 Å². The molecule has 0 heterocycles. The lowest BCUT2D eigenvalue weighted by molar-refractivity contribution is -0.311. The van der Waals surface area contributed by atoms with Gasteiger partial charge in [0.1, 0.15) is 0 Å². The van der Waals surface area contributed by atoms with Gasteiger partial charge < -0.3 is 13.9 Å². The standard InChI is InChI=1S/C7H18O3Si/c1-6(2)11-10-7(3,8-4)9-5/h6H,11H2,1-5H3. The normalized spacial score (nSPS) is 13.6. The second-order valence-corrected chi connectivity index (χ2v) is 5.23. The van der Waals surface area contributed by atoms with Gasteiger partial charge >= 0.3 is 0 Å². The summed E-state index contributed by atoms with van der Waals surface area (Å²) in [7, 11) is 2.63. The highest BCUT2D eigenvalue weighted by atomic mass is 28.2. The zero-order valence-corrected chi connectivity index (χ0v) is 9.42. The molecule has 0 aromatic heterocycles. The molecule has 0 aliphatic carbocycles. The van der Waals surface area contributed by atoms with Gasteiger partial charge in [-0.1, -0.05) is 13.8 Å². The summed E-state index contributed by atoms with van der Waals surface area (Å²) < 4.78 is 15.5. The Morgan fingerprint density at radius 1 is 1.18 bits per heavy atom. The summed E-state index contributed by atoms with van der Waals surface area (Å²) in [6, 6.07) is 0. The van der Waals surface area contributed by atoms with Gasteiger partial charge in [-0.2, -0.15) is 0 Å². The Hall–Kier alpha value is 0.0969. The molecule has 3 nitrogen and oxygen atoms in total. The van der Waals surface area contributed by atoms with Gasteiger partial charge in [-0.3, -0.25) is 0 Å². The number of hydrogen-bond donors (Lipinski definition) is 0. The lowest BCUT2D eigenvalue weighted by atomic mass is 10.6. The Bertz CT molecular complexity index is 102. The van der Waals surface area contributed by atoms with Crippen molar-refractivity contribution >= 4 is 9.76 Å². The molecule has 0 aliphatic heterocycles. The molecule has 4 heteroatoms. The maximum Gasteiger partial charge on any atom is 0.269 e. The summed E-state index contributed by atoms with van der Waals surface area (Å²) in [5.74, 6) is -0.823. The molecule has 0 radical (unpaired) electrons. The molecule has 0 spiro atoms. The van der Waals surface area contributed by atoms with Gasteiger partial charge in [-0.05, 0) is 5.54 Å². The van der Waals surface area contributed by atoms with Gasteiger partial charge in [0.15, 0.2) is 9.76 Å². The van der Waals surface area contributed by atoms with Crippen LogP contribution in [0.2, 0.25) is 5.54 Å². The molecule has 0 saturated carbocycles. The van der Waals surface area contributed by atoms with Crippen molar-refractivity contribution in [2.24, 2.45) is 0 Å². The third kappa shape index (κ3) is 4.52. The predicted molar refractivity (Wildman–Crippen MR) is 47.2 cm³/mol. The maximum atomic E-state index is 5.48. The third-order valence-electron chi connectivity index (χ3n) is 1.42. The first-order chi connectivity index (χ1) is 5.04. The van der Waals surface area contributed by atoms with Gasteiger partial charge in [0, 0.05) is 21.1 Å². The molecule has 0 atom stereocenters. The number of methoxy groups -OCH3 is 2. The maximum absolute atomic E-state index is 5.48. The fourth-order valence-electron chi connectivity index (χ4n) is 0.519. The Morgan fingerprint density at radius 2 is 1.64 bits per heavy atom. The average Bonchev–Trinajstić information content (AvgIpc) is 2.00. The fraction of sp³-hybridized carbons (Fsp3) is 1.00. The largest absolute Gasteiger partial charge is 0.376 e. The minimum absolute atomic E-state index is 0.530. The quantitative estimate of drug-likeness (QED) is 0.462. The highest BCUT2D eigenvalue weighted by Crippen LogP contribution is 2.13. The van der Waals surface area contributed by atoms with E-state index in [-0.39, 0.29) is 0 Å². The van der Waals surface area contributed by atoms with Crippen LogP contribution in [0.5, 0.6) is 0 Å². The lowest BCUT2D eigenvalue weighted by Crippen LogP contribution is -2.35. The topological polar surface area (TPSA) is 27.7 Å². The fourth-order valence-corrected chi connectivity index (χ4v) is 1.39. The first kappa shape index (κ1) is 11.1. The Kier molecular flexibility index (Phi) is 4.91. The molecule has 0 aliphatic rings. The Balaban J connectivity index is 3.69. The van der Waals surface area contributed by atoms with Crippen LogP contribution in [0.4, 0.5) is 0 Å². The monoisotopic (exact) mass is 178 g/mol. The van der Waals surface area contributed by atoms with Crippen LogP contribution in [0.1, 0.15) is 20.8 Å². The van der Waals surface area contributed by atoms with Gasteiger partial charge in [0.25, 0.3) is 5.97 Å². The van der Waals surface area contributed by atoms with E-state index in [9.17, 15) is 0 Å². The summed E-state index contributed by atoms with van der Waals surface area (Å²) in [5, 5.41) is 0. The number of ether oxygens (including phenoxy) is 2. The van der Waals surface area contributed by atoms with Crippen molar-refractivity contribution in [1.29, 1.82) is 0 Å². The van der Waals surface area contributed by atoms with Gasteiger partial charge in [0.2, 0.25) is 0 Å². The average molecular weight is 178 g/mol. The Morgan fingerprint density at radius 3 is 1.91 bits per heavy atom. The molecule has 0 amide bonds. The van der Waals surface area contributed by atoms with Gasteiger partial charge in [-0.25, -0.2) is 0 Å². The van der Waals surface area contributed by atoms with E-state index in [2.05, 4.69) is 13.8 Å². The smallest absolute Gasteiger partial charge is 0.269 e. The van der Waals surface area contributed by atoms with Crippen molar-refractivity contribution in [3.63, 3.8) is 0 Å². The van der Waals surface area contributed by atoms with Crippen molar-refractivity contribution in [2.75, 3.05) is 14.2 Å². The van der Waals surface area contributed by atoms with Crippen LogP contribution in [0.15, 0.2) is 0 Å². The molecular formula is C7H18O3Si. The van der Waals surface area contributed by atoms with Crippen molar-refractivity contribution in [3.05, 3.63) is 0 Å². The summed E-state index contributed by atoms with van der Waals surface area (Å²) in [6.45, 7) is 6.05. The van der Waals surface area contributed by atoms with Crippen LogP contribution in [0.25, 0.3) is 0 Å². The van der Waals surface area contributed by atoms with E-state index in [1.807, 2.05) is 0 Å². The summed E-state index contributed by atoms with van der Waals surface area (Å²) in [5.41, 5.74) is 0.625. The molecule has 0 saturated heterocycles. The van der Waals surface area contributed by atoms with Crippen LogP contribution >= 0.6 is 0 Å². The van der Waals surface area contributed by atoms with E-state index in [0.717, 1.165) is 0 Å². The van der Waals surface area contributed by atoms with E-state index in [0.29, 0.717) is 5.54 Å². The second-order valence-electron chi connectivity index (χ2n) is 2.98. The number of rotatable bonds is 5. The van der Waals surface area contributed by atoms with Gasteiger partial charge in [-0.15, -0.1) is 0 Å². The molecule has 68 valence electrons. The first-order valence-corrected chi connectivity index (χ1v) is 5.17. The highest BCUT2D eigenvalue weighted by Gasteiger charge is 2.23. The van der Waals surface area contributed by atoms with E-state index in [4.69, 9.17) is 13.9 Å². The number of hydrogen-bond acceptors (Lipinski definition) is 3. The van der Waals surface area contributed by atoms with Crippen molar-refractivity contribution < 1.29 is 13.9 Å². The van der Waals surface area contributed by atoms with E-state index >= 15 is 0 Å². The molecule has 0 unspecified atom stereocenters. The van der Waals surface area contributed by atoms with Crippen LogP contribution in [0, 0.1) is 0 Å². The lowest BCUT2D eigenvalue weighted by Gasteiger charge is -2.27. The highest BCUT2D eigenvalue weighted by molar-refractivity contribution is 6.29. The van der Waals surface area contributed by atoms with Crippen molar-refractivity contribution in [3.8, 4) is 0 Å². The molecule has 0 fully saturated rings. The molecule has 0 rings (SSSR count).